The van der Waals surface area contributed by atoms with Gasteiger partial charge < -0.3 is 15.1 Å². The molecule has 0 bridgehead atoms. The molecule has 2 aliphatic rings. The molecule has 2 aliphatic heterocycles. The van der Waals surface area contributed by atoms with Crippen molar-refractivity contribution in [2.24, 2.45) is 11.8 Å². The van der Waals surface area contributed by atoms with Crippen LogP contribution in [0.25, 0.3) is 0 Å². The van der Waals surface area contributed by atoms with E-state index in [0.717, 1.165) is 57.5 Å². The molecule has 0 aliphatic carbocycles. The summed E-state index contributed by atoms with van der Waals surface area (Å²) in [6.45, 7) is 8.84. The van der Waals surface area contributed by atoms with Crippen molar-refractivity contribution >= 4 is 11.8 Å². The van der Waals surface area contributed by atoms with Crippen molar-refractivity contribution in [3.63, 3.8) is 0 Å². The van der Waals surface area contributed by atoms with Gasteiger partial charge in [-0.05, 0) is 69.2 Å². The lowest BCUT2D eigenvalue weighted by Gasteiger charge is -2.39. The molecule has 1 unspecified atom stereocenters. The minimum atomic E-state index is 0.108. The summed E-state index contributed by atoms with van der Waals surface area (Å²) in [6, 6.07) is 9.77. The van der Waals surface area contributed by atoms with Crippen molar-refractivity contribution in [1.29, 1.82) is 0 Å². The lowest BCUT2D eigenvalue weighted by atomic mass is 9.83. The van der Waals surface area contributed by atoms with Gasteiger partial charge in [-0.2, -0.15) is 0 Å². The van der Waals surface area contributed by atoms with E-state index < -0.39 is 0 Å². The van der Waals surface area contributed by atoms with Gasteiger partial charge in [0.25, 0.3) is 5.91 Å². The van der Waals surface area contributed by atoms with E-state index in [2.05, 4.69) is 24.1 Å². The molecule has 3 rings (SSSR count). The van der Waals surface area contributed by atoms with Gasteiger partial charge in [-0.1, -0.05) is 32.0 Å². The number of rotatable bonds is 7. The molecule has 2 heterocycles. The lowest BCUT2D eigenvalue weighted by Crippen LogP contribution is -2.49. The third kappa shape index (κ3) is 5.81. The number of likely N-dealkylation sites (tertiary alicyclic amines) is 1. The number of amides is 2. The first-order valence-electron chi connectivity index (χ1n) is 11.4. The van der Waals surface area contributed by atoms with E-state index in [1.165, 1.54) is 12.8 Å². The van der Waals surface area contributed by atoms with Crippen LogP contribution in [0.1, 0.15) is 62.7 Å². The van der Waals surface area contributed by atoms with Gasteiger partial charge in [0.1, 0.15) is 0 Å². The quantitative estimate of drug-likeness (QED) is 0.763. The Labute approximate surface area is 175 Å². The molecule has 0 aromatic heterocycles. The molecule has 1 aromatic carbocycles. The van der Waals surface area contributed by atoms with Crippen molar-refractivity contribution in [3.8, 4) is 0 Å². The largest absolute Gasteiger partial charge is 0.340 e. The second kappa shape index (κ2) is 10.8. The average Bonchev–Trinajstić information content (AvgIpc) is 2.78. The summed E-state index contributed by atoms with van der Waals surface area (Å²) in [5.74, 6) is 1.53. The number of carbonyl (C=O) groups is 2. The maximum atomic E-state index is 13.2. The van der Waals surface area contributed by atoms with Crippen LogP contribution in [0.5, 0.6) is 0 Å². The van der Waals surface area contributed by atoms with Crippen molar-refractivity contribution in [2.45, 2.75) is 58.4 Å². The summed E-state index contributed by atoms with van der Waals surface area (Å²) in [4.78, 5) is 29.9. The summed E-state index contributed by atoms with van der Waals surface area (Å²) in [7, 11) is 0. The van der Waals surface area contributed by atoms with E-state index in [0.29, 0.717) is 24.2 Å². The summed E-state index contributed by atoms with van der Waals surface area (Å²) in [6.07, 6.45) is 5.77. The zero-order valence-corrected chi connectivity index (χ0v) is 18.1. The normalized spacial score (nSPS) is 19.7. The van der Waals surface area contributed by atoms with Crippen molar-refractivity contribution in [3.05, 3.63) is 35.9 Å². The highest BCUT2D eigenvalue weighted by molar-refractivity contribution is 5.94. The number of nitrogens with one attached hydrogen (secondary N) is 1. The van der Waals surface area contributed by atoms with E-state index in [9.17, 15) is 9.59 Å². The van der Waals surface area contributed by atoms with Crippen molar-refractivity contribution in [2.75, 3.05) is 32.7 Å². The summed E-state index contributed by atoms with van der Waals surface area (Å²) in [5.41, 5.74) is 0.753. The fraction of sp³-hybridized carbons (Fsp3) is 0.667. The summed E-state index contributed by atoms with van der Waals surface area (Å²) >= 11 is 0. The fourth-order valence-electron chi connectivity index (χ4n) is 4.87. The predicted octanol–water partition coefficient (Wildman–Crippen LogP) is 3.56. The first-order valence-corrected chi connectivity index (χ1v) is 11.4. The lowest BCUT2D eigenvalue weighted by molar-refractivity contribution is -0.135. The maximum absolute atomic E-state index is 13.2. The Morgan fingerprint density at radius 3 is 2.38 bits per heavy atom. The molecule has 1 atom stereocenters. The minimum absolute atomic E-state index is 0.108. The topological polar surface area (TPSA) is 52.7 Å². The molecule has 0 radical (unpaired) electrons. The van der Waals surface area contributed by atoms with Crippen LogP contribution in [0.3, 0.4) is 0 Å². The summed E-state index contributed by atoms with van der Waals surface area (Å²) < 4.78 is 0. The van der Waals surface area contributed by atoms with E-state index in [-0.39, 0.29) is 11.9 Å². The van der Waals surface area contributed by atoms with Crippen LogP contribution in [0.15, 0.2) is 30.3 Å². The monoisotopic (exact) mass is 399 g/mol. The van der Waals surface area contributed by atoms with E-state index in [4.69, 9.17) is 0 Å². The zero-order chi connectivity index (χ0) is 20.6. The molecule has 0 spiro atoms. The van der Waals surface area contributed by atoms with Gasteiger partial charge in [0.2, 0.25) is 5.91 Å². The van der Waals surface area contributed by atoms with Gasteiger partial charge in [-0.15, -0.1) is 0 Å². The molecule has 29 heavy (non-hydrogen) atoms. The van der Waals surface area contributed by atoms with E-state index in [1.54, 1.807) is 0 Å². The standard InChI is InChI=1S/C24H37N3O2/c1-3-15-27(23(28)18-19(2)20-9-13-25-14-10-20)22-11-16-26(17-12-22)24(29)21-7-5-4-6-8-21/h4-8,19-20,22,25H,3,9-18H2,1-2H3. The number of hydrogen-bond donors (Lipinski definition) is 1. The second-order valence-corrected chi connectivity index (χ2v) is 8.75. The molecule has 1 aromatic rings. The second-order valence-electron chi connectivity index (χ2n) is 8.75. The molecule has 160 valence electrons. The van der Waals surface area contributed by atoms with Crippen LogP contribution in [0.4, 0.5) is 0 Å². The Kier molecular flexibility index (Phi) is 8.10. The highest BCUT2D eigenvalue weighted by Gasteiger charge is 2.31. The molecule has 0 saturated carbocycles. The van der Waals surface area contributed by atoms with Gasteiger partial charge in [0.15, 0.2) is 0 Å². The highest BCUT2D eigenvalue weighted by Crippen LogP contribution is 2.27. The van der Waals surface area contributed by atoms with Crippen molar-refractivity contribution < 1.29 is 9.59 Å². The molecule has 1 N–H and O–H groups in total. The van der Waals surface area contributed by atoms with Crippen LogP contribution in [0, 0.1) is 11.8 Å². The van der Waals surface area contributed by atoms with E-state index >= 15 is 0 Å². The van der Waals surface area contributed by atoms with Crippen LogP contribution >= 0.6 is 0 Å². The number of carbonyl (C=O) groups excluding carboxylic acids is 2. The maximum Gasteiger partial charge on any atom is 0.253 e. The highest BCUT2D eigenvalue weighted by atomic mass is 16.2. The predicted molar refractivity (Wildman–Crippen MR) is 117 cm³/mol. The SMILES string of the molecule is CCCN(C(=O)CC(C)C1CCNCC1)C1CCN(C(=O)c2ccccc2)CC1. The van der Waals surface area contributed by atoms with Gasteiger partial charge in [0.05, 0.1) is 0 Å². The number of nitrogens with zero attached hydrogens (tertiary/aromatic N) is 2. The Balaban J connectivity index is 1.54. The van der Waals surface area contributed by atoms with Crippen LogP contribution in [0.2, 0.25) is 0 Å². The molecule has 2 fully saturated rings. The molecule has 2 amide bonds. The Morgan fingerprint density at radius 2 is 1.76 bits per heavy atom. The number of hydrogen-bond acceptors (Lipinski definition) is 3. The van der Waals surface area contributed by atoms with Gasteiger partial charge >= 0.3 is 0 Å². The Hall–Kier alpha value is -1.88. The number of piperidine rings is 2. The minimum Gasteiger partial charge on any atom is -0.340 e. The molecule has 5 nitrogen and oxygen atoms in total. The first kappa shape index (κ1) is 21.8. The smallest absolute Gasteiger partial charge is 0.253 e. The molecule has 5 heteroatoms. The van der Waals surface area contributed by atoms with Crippen molar-refractivity contribution in [1.82, 2.24) is 15.1 Å². The van der Waals surface area contributed by atoms with Gasteiger partial charge in [0, 0.05) is 37.7 Å². The summed E-state index contributed by atoms with van der Waals surface area (Å²) in [5, 5.41) is 3.42. The Bertz CT molecular complexity index is 649. The van der Waals surface area contributed by atoms with Crippen LogP contribution in [-0.4, -0.2) is 60.4 Å². The molecular weight excluding hydrogens is 362 g/mol. The van der Waals surface area contributed by atoms with Gasteiger partial charge in [-0.3, -0.25) is 9.59 Å². The number of benzene rings is 1. The fourth-order valence-corrected chi connectivity index (χ4v) is 4.87. The van der Waals surface area contributed by atoms with Gasteiger partial charge in [-0.25, -0.2) is 0 Å². The van der Waals surface area contributed by atoms with Crippen LogP contribution < -0.4 is 5.32 Å². The third-order valence-electron chi connectivity index (χ3n) is 6.68. The zero-order valence-electron chi connectivity index (χ0n) is 18.1. The Morgan fingerprint density at radius 1 is 1.10 bits per heavy atom. The third-order valence-corrected chi connectivity index (χ3v) is 6.68. The molecule has 2 saturated heterocycles. The van der Waals surface area contributed by atoms with E-state index in [1.807, 2.05) is 35.2 Å². The first-order chi connectivity index (χ1) is 14.1. The molecular formula is C24H37N3O2. The average molecular weight is 400 g/mol. The van der Waals surface area contributed by atoms with Crippen LogP contribution in [-0.2, 0) is 4.79 Å².